The van der Waals surface area contributed by atoms with E-state index in [2.05, 4.69) is 0 Å². The Morgan fingerprint density at radius 2 is 1.79 bits per heavy atom. The largest absolute Gasteiger partial charge is 0.381 e. The van der Waals surface area contributed by atoms with Crippen molar-refractivity contribution in [3.63, 3.8) is 0 Å². The first-order valence-electron chi connectivity index (χ1n) is 4.62. The molecular formula is C8H16O5S. The highest BCUT2D eigenvalue weighted by Crippen LogP contribution is 2.29. The lowest BCUT2D eigenvalue weighted by Gasteiger charge is -2.29. The maximum Gasteiger partial charge on any atom is 0.292 e. The first kappa shape index (κ1) is 11.9. The normalized spacial score (nSPS) is 31.4. The second-order valence-electron chi connectivity index (χ2n) is 3.68. The van der Waals surface area contributed by atoms with Gasteiger partial charge in [0, 0.05) is 13.0 Å². The summed E-state index contributed by atoms with van der Waals surface area (Å²) in [6.45, 7) is 0. The first-order valence-corrected chi connectivity index (χ1v) is 6.12. The Labute approximate surface area is 83.8 Å². The number of aliphatic hydroxyl groups excluding tert-OH is 1. The smallest absolute Gasteiger partial charge is 0.292 e. The van der Waals surface area contributed by atoms with Crippen LogP contribution in [0.4, 0.5) is 0 Å². The van der Waals surface area contributed by atoms with E-state index in [1.165, 1.54) is 0 Å². The highest BCUT2D eigenvalue weighted by Gasteiger charge is 2.33. The van der Waals surface area contributed by atoms with Gasteiger partial charge >= 0.3 is 0 Å². The van der Waals surface area contributed by atoms with Gasteiger partial charge < -0.3 is 9.84 Å². The second kappa shape index (κ2) is 4.57. The summed E-state index contributed by atoms with van der Waals surface area (Å²) in [5.74, 6) is -0.364. The van der Waals surface area contributed by atoms with E-state index < -0.39 is 15.6 Å². The van der Waals surface area contributed by atoms with Crippen molar-refractivity contribution in [1.82, 2.24) is 0 Å². The molecule has 6 heteroatoms. The minimum Gasteiger partial charge on any atom is -0.381 e. The molecule has 1 fully saturated rings. The van der Waals surface area contributed by atoms with Crippen molar-refractivity contribution in [2.24, 2.45) is 5.92 Å². The zero-order valence-electron chi connectivity index (χ0n) is 8.09. The molecule has 1 aliphatic carbocycles. The molecule has 0 bridgehead atoms. The minimum atomic E-state index is -4.31. The Bertz CT molecular complexity index is 265. The van der Waals surface area contributed by atoms with E-state index in [1.54, 1.807) is 7.11 Å². The van der Waals surface area contributed by atoms with E-state index in [9.17, 15) is 13.5 Å². The van der Waals surface area contributed by atoms with Gasteiger partial charge in [0.25, 0.3) is 10.1 Å². The topological polar surface area (TPSA) is 83.8 Å². The van der Waals surface area contributed by atoms with E-state index in [0.717, 1.165) is 12.8 Å². The Morgan fingerprint density at radius 3 is 2.14 bits per heavy atom. The summed E-state index contributed by atoms with van der Waals surface area (Å²) in [4.78, 5) is 0. The van der Waals surface area contributed by atoms with Gasteiger partial charge in [-0.05, 0) is 25.7 Å². The Morgan fingerprint density at radius 1 is 1.29 bits per heavy atom. The average molecular weight is 224 g/mol. The zero-order chi connectivity index (χ0) is 10.8. The highest BCUT2D eigenvalue weighted by atomic mass is 32.2. The zero-order valence-corrected chi connectivity index (χ0v) is 8.90. The molecule has 0 radical (unpaired) electrons. The maximum atomic E-state index is 10.7. The molecule has 0 aromatic heterocycles. The summed E-state index contributed by atoms with van der Waals surface area (Å²) in [5, 5.41) is 9.29. The summed E-state index contributed by atoms with van der Waals surface area (Å²) in [7, 11) is -2.70. The number of methoxy groups -OCH3 is 1. The fourth-order valence-electron chi connectivity index (χ4n) is 1.85. The molecule has 1 aliphatic rings. The Kier molecular flexibility index (Phi) is 3.88. The van der Waals surface area contributed by atoms with Gasteiger partial charge in [0.05, 0.1) is 6.10 Å². The van der Waals surface area contributed by atoms with Crippen molar-refractivity contribution in [2.75, 3.05) is 7.11 Å². The third-order valence-corrected chi connectivity index (χ3v) is 3.76. The van der Waals surface area contributed by atoms with Crippen LogP contribution in [0.15, 0.2) is 0 Å². The molecule has 1 rings (SSSR count). The van der Waals surface area contributed by atoms with Gasteiger partial charge in [0.1, 0.15) is 0 Å². The van der Waals surface area contributed by atoms with Crippen molar-refractivity contribution < 1.29 is 22.8 Å². The summed E-state index contributed by atoms with van der Waals surface area (Å²) in [6, 6.07) is 0. The molecule has 0 saturated heterocycles. The van der Waals surface area contributed by atoms with Crippen LogP contribution in [-0.2, 0) is 14.9 Å². The van der Waals surface area contributed by atoms with Gasteiger partial charge in [-0.2, -0.15) is 8.42 Å². The van der Waals surface area contributed by atoms with E-state index in [4.69, 9.17) is 9.29 Å². The molecule has 5 nitrogen and oxygen atoms in total. The maximum absolute atomic E-state index is 10.7. The Hall–Kier alpha value is -0.170. The fourth-order valence-corrected chi connectivity index (χ4v) is 2.61. The number of hydrogen-bond acceptors (Lipinski definition) is 4. The van der Waals surface area contributed by atoms with Crippen molar-refractivity contribution in [1.29, 1.82) is 0 Å². The van der Waals surface area contributed by atoms with Gasteiger partial charge in [-0.1, -0.05) is 0 Å². The predicted octanol–water partition coefficient (Wildman–Crippen LogP) is 0.398. The highest BCUT2D eigenvalue weighted by molar-refractivity contribution is 7.86. The lowest BCUT2D eigenvalue weighted by atomic mass is 9.88. The van der Waals surface area contributed by atoms with Crippen molar-refractivity contribution in [3.8, 4) is 0 Å². The van der Waals surface area contributed by atoms with E-state index >= 15 is 0 Å². The number of hydrogen-bond donors (Lipinski definition) is 2. The second-order valence-corrected chi connectivity index (χ2v) is 5.19. The minimum absolute atomic E-state index is 0.153. The summed E-state index contributed by atoms with van der Waals surface area (Å²) in [5.41, 5.74) is -1.64. The molecule has 0 spiro atoms. The van der Waals surface area contributed by atoms with Crippen molar-refractivity contribution in [3.05, 3.63) is 0 Å². The molecule has 1 saturated carbocycles. The lowest BCUT2D eigenvalue weighted by molar-refractivity contribution is 0.0369. The van der Waals surface area contributed by atoms with E-state index in [-0.39, 0.29) is 12.0 Å². The molecular weight excluding hydrogens is 208 g/mol. The van der Waals surface area contributed by atoms with Gasteiger partial charge in [0.15, 0.2) is 5.44 Å². The van der Waals surface area contributed by atoms with Crippen LogP contribution in [-0.4, -0.2) is 36.7 Å². The fraction of sp³-hybridized carbons (Fsp3) is 1.00. The molecule has 0 heterocycles. The van der Waals surface area contributed by atoms with E-state index in [0.29, 0.717) is 12.8 Å². The van der Waals surface area contributed by atoms with Crippen LogP contribution in [0.3, 0.4) is 0 Å². The molecule has 0 aromatic rings. The molecule has 14 heavy (non-hydrogen) atoms. The number of ether oxygens (including phenoxy) is 1. The Balaban J connectivity index is 2.50. The number of rotatable bonds is 3. The predicted molar refractivity (Wildman–Crippen MR) is 50.3 cm³/mol. The van der Waals surface area contributed by atoms with Gasteiger partial charge in [0.2, 0.25) is 0 Å². The standard InChI is InChI=1S/C8H16O5S/c1-13-7-4-2-6(3-5-7)8(9)14(10,11)12/h6-9H,2-5H2,1H3,(H,10,11,12). The summed E-state index contributed by atoms with van der Waals surface area (Å²) >= 11 is 0. The molecule has 84 valence electrons. The van der Waals surface area contributed by atoms with E-state index in [1.807, 2.05) is 0 Å². The SMILES string of the molecule is COC1CCC(C(O)S(=O)(=O)O)CC1. The lowest BCUT2D eigenvalue weighted by Crippen LogP contribution is -2.33. The monoisotopic (exact) mass is 224 g/mol. The van der Waals surface area contributed by atoms with Gasteiger partial charge in [-0.3, -0.25) is 4.55 Å². The van der Waals surface area contributed by atoms with Crippen LogP contribution >= 0.6 is 0 Å². The molecule has 0 aromatic carbocycles. The van der Waals surface area contributed by atoms with Crippen LogP contribution in [0.25, 0.3) is 0 Å². The van der Waals surface area contributed by atoms with Crippen molar-refractivity contribution >= 4 is 10.1 Å². The van der Waals surface area contributed by atoms with Gasteiger partial charge in [-0.25, -0.2) is 0 Å². The van der Waals surface area contributed by atoms with Crippen molar-refractivity contribution in [2.45, 2.75) is 37.2 Å². The van der Waals surface area contributed by atoms with Crippen LogP contribution in [0, 0.1) is 5.92 Å². The number of aliphatic hydroxyl groups is 1. The van der Waals surface area contributed by atoms with Gasteiger partial charge in [-0.15, -0.1) is 0 Å². The average Bonchev–Trinajstić information content (AvgIpc) is 2.15. The quantitative estimate of drug-likeness (QED) is 0.678. The molecule has 1 unspecified atom stereocenters. The van der Waals surface area contributed by atoms with Crippen LogP contribution in [0.5, 0.6) is 0 Å². The van der Waals surface area contributed by atoms with Crippen LogP contribution in [0.2, 0.25) is 0 Å². The van der Waals surface area contributed by atoms with Crippen LogP contribution < -0.4 is 0 Å². The molecule has 1 atom stereocenters. The third-order valence-electron chi connectivity index (χ3n) is 2.76. The van der Waals surface area contributed by atoms with Crippen LogP contribution in [0.1, 0.15) is 25.7 Å². The molecule has 2 N–H and O–H groups in total. The summed E-state index contributed by atoms with van der Waals surface area (Å²) < 4.78 is 35.1. The third kappa shape index (κ3) is 2.91. The molecule has 0 aliphatic heterocycles. The summed E-state index contributed by atoms with van der Waals surface area (Å²) in [6.07, 6.45) is 2.75. The first-order chi connectivity index (χ1) is 6.45. The molecule has 0 amide bonds.